The molecule has 0 atom stereocenters. The van der Waals surface area contributed by atoms with Gasteiger partial charge in [-0.05, 0) is 18.6 Å². The van der Waals surface area contributed by atoms with Crippen LogP contribution in [0, 0.1) is 0 Å². The number of hydrogen-bond donors (Lipinski definition) is 1. The van der Waals surface area contributed by atoms with Gasteiger partial charge in [-0.3, -0.25) is 4.79 Å². The first-order chi connectivity index (χ1) is 10.2. The van der Waals surface area contributed by atoms with Crippen molar-refractivity contribution in [2.75, 3.05) is 11.9 Å². The first-order valence-corrected chi connectivity index (χ1v) is 7.69. The Bertz CT molecular complexity index is 625. The summed E-state index contributed by atoms with van der Waals surface area (Å²) in [6.45, 7) is 2.98. The summed E-state index contributed by atoms with van der Waals surface area (Å²) in [6.07, 6.45) is 6.27. The van der Waals surface area contributed by atoms with Crippen molar-refractivity contribution in [2.45, 2.75) is 32.6 Å². The van der Waals surface area contributed by atoms with Crippen LogP contribution in [0.5, 0.6) is 0 Å². The van der Waals surface area contributed by atoms with Gasteiger partial charge in [0, 0.05) is 6.54 Å². The van der Waals surface area contributed by atoms with Gasteiger partial charge in [-0.1, -0.05) is 56.0 Å². The average molecular weight is 306 g/mol. The predicted molar refractivity (Wildman–Crippen MR) is 87.5 cm³/mol. The largest absolute Gasteiger partial charge is 0.382 e. The van der Waals surface area contributed by atoms with Crippen LogP contribution in [0.3, 0.4) is 0 Å². The van der Waals surface area contributed by atoms with E-state index in [9.17, 15) is 4.79 Å². The number of benzene rings is 1. The van der Waals surface area contributed by atoms with E-state index in [4.69, 9.17) is 11.6 Å². The molecule has 0 amide bonds. The first-order valence-electron chi connectivity index (χ1n) is 7.31. The Balaban J connectivity index is 2.09. The molecule has 0 unspecified atom stereocenters. The molecule has 0 aliphatic carbocycles. The van der Waals surface area contributed by atoms with E-state index in [0.29, 0.717) is 11.4 Å². The molecule has 2 rings (SSSR count). The Morgan fingerprint density at radius 1 is 1.19 bits per heavy atom. The molecule has 0 saturated heterocycles. The Labute approximate surface area is 129 Å². The van der Waals surface area contributed by atoms with Gasteiger partial charge in [0.25, 0.3) is 5.56 Å². The number of aromatic nitrogens is 2. The first kappa shape index (κ1) is 15.6. The Hall–Kier alpha value is -1.81. The molecular formula is C16H20ClN3O. The number of para-hydroxylation sites is 1. The molecule has 2 aromatic rings. The van der Waals surface area contributed by atoms with Crippen LogP contribution in [0.25, 0.3) is 5.69 Å². The molecule has 0 aliphatic rings. The zero-order valence-electron chi connectivity index (χ0n) is 12.2. The van der Waals surface area contributed by atoms with Gasteiger partial charge < -0.3 is 5.32 Å². The van der Waals surface area contributed by atoms with E-state index in [2.05, 4.69) is 17.3 Å². The number of anilines is 1. The van der Waals surface area contributed by atoms with E-state index in [-0.39, 0.29) is 10.6 Å². The molecule has 1 heterocycles. The molecule has 21 heavy (non-hydrogen) atoms. The summed E-state index contributed by atoms with van der Waals surface area (Å²) >= 11 is 6.15. The summed E-state index contributed by atoms with van der Waals surface area (Å²) in [4.78, 5) is 12.3. The van der Waals surface area contributed by atoms with Gasteiger partial charge in [0.1, 0.15) is 5.02 Å². The van der Waals surface area contributed by atoms with Crippen molar-refractivity contribution in [1.82, 2.24) is 9.78 Å². The van der Waals surface area contributed by atoms with Crippen molar-refractivity contribution in [3.05, 3.63) is 51.9 Å². The lowest BCUT2D eigenvalue weighted by atomic mass is 10.2. The highest BCUT2D eigenvalue weighted by atomic mass is 35.5. The zero-order valence-corrected chi connectivity index (χ0v) is 12.9. The van der Waals surface area contributed by atoms with Crippen molar-refractivity contribution in [2.24, 2.45) is 0 Å². The highest BCUT2D eigenvalue weighted by Crippen LogP contribution is 2.16. The van der Waals surface area contributed by atoms with E-state index in [0.717, 1.165) is 13.0 Å². The van der Waals surface area contributed by atoms with E-state index in [1.165, 1.54) is 23.9 Å². The van der Waals surface area contributed by atoms with Gasteiger partial charge in [-0.15, -0.1) is 0 Å². The van der Waals surface area contributed by atoms with Gasteiger partial charge >= 0.3 is 0 Å². The number of unbranched alkanes of at least 4 members (excludes halogenated alkanes) is 3. The normalized spacial score (nSPS) is 10.6. The third-order valence-corrected chi connectivity index (χ3v) is 3.63. The molecule has 0 spiro atoms. The molecular weight excluding hydrogens is 286 g/mol. The van der Waals surface area contributed by atoms with Crippen molar-refractivity contribution in [1.29, 1.82) is 0 Å². The lowest BCUT2D eigenvalue weighted by Gasteiger charge is -2.10. The molecule has 0 radical (unpaired) electrons. The molecule has 0 fully saturated rings. The van der Waals surface area contributed by atoms with Crippen LogP contribution in [0.1, 0.15) is 32.6 Å². The van der Waals surface area contributed by atoms with Crippen LogP contribution in [-0.4, -0.2) is 16.3 Å². The number of nitrogens with zero attached hydrogens (tertiary/aromatic N) is 2. The number of nitrogens with one attached hydrogen (secondary N) is 1. The van der Waals surface area contributed by atoms with E-state index < -0.39 is 0 Å². The smallest absolute Gasteiger partial charge is 0.292 e. The topological polar surface area (TPSA) is 46.9 Å². The minimum Gasteiger partial charge on any atom is -0.382 e. The summed E-state index contributed by atoms with van der Waals surface area (Å²) in [5, 5.41) is 7.55. The van der Waals surface area contributed by atoms with E-state index in [1.54, 1.807) is 6.20 Å². The fourth-order valence-corrected chi connectivity index (χ4v) is 2.28. The summed E-state index contributed by atoms with van der Waals surface area (Å²) in [5.41, 5.74) is 1.01. The third-order valence-electron chi connectivity index (χ3n) is 3.27. The van der Waals surface area contributed by atoms with Crippen LogP contribution in [0.2, 0.25) is 5.02 Å². The quantitative estimate of drug-likeness (QED) is 0.790. The van der Waals surface area contributed by atoms with Crippen LogP contribution in [0.15, 0.2) is 41.3 Å². The Morgan fingerprint density at radius 2 is 1.95 bits per heavy atom. The van der Waals surface area contributed by atoms with Crippen molar-refractivity contribution >= 4 is 17.3 Å². The van der Waals surface area contributed by atoms with E-state index in [1.807, 2.05) is 30.3 Å². The molecule has 0 bridgehead atoms. The standard InChI is InChI=1S/C16H20ClN3O/c1-2-3-4-8-11-18-14-12-19-20(16(21)15(14)17)13-9-6-5-7-10-13/h5-7,9-10,12,18H,2-4,8,11H2,1H3. The second-order valence-electron chi connectivity index (χ2n) is 4.91. The van der Waals surface area contributed by atoms with Crippen LogP contribution in [-0.2, 0) is 0 Å². The number of hydrogen-bond acceptors (Lipinski definition) is 3. The summed E-state index contributed by atoms with van der Waals surface area (Å²) < 4.78 is 1.31. The third kappa shape index (κ3) is 4.08. The summed E-state index contributed by atoms with van der Waals surface area (Å²) in [5.74, 6) is 0. The number of halogens is 1. The van der Waals surface area contributed by atoms with Gasteiger partial charge in [0.05, 0.1) is 17.6 Å². The lowest BCUT2D eigenvalue weighted by Crippen LogP contribution is -2.22. The van der Waals surface area contributed by atoms with Crippen LogP contribution in [0.4, 0.5) is 5.69 Å². The predicted octanol–water partition coefficient (Wildman–Crippen LogP) is 3.88. The monoisotopic (exact) mass is 305 g/mol. The van der Waals surface area contributed by atoms with Crippen molar-refractivity contribution < 1.29 is 0 Å². The SMILES string of the molecule is CCCCCCNc1cnn(-c2ccccc2)c(=O)c1Cl. The van der Waals surface area contributed by atoms with Gasteiger partial charge in [0.15, 0.2) is 0 Å². The maximum atomic E-state index is 12.3. The van der Waals surface area contributed by atoms with Crippen LogP contribution >= 0.6 is 11.6 Å². The van der Waals surface area contributed by atoms with Gasteiger partial charge in [0.2, 0.25) is 0 Å². The maximum absolute atomic E-state index is 12.3. The van der Waals surface area contributed by atoms with Crippen molar-refractivity contribution in [3.63, 3.8) is 0 Å². The average Bonchev–Trinajstić information content (AvgIpc) is 2.52. The molecule has 112 valence electrons. The summed E-state index contributed by atoms with van der Waals surface area (Å²) in [6, 6.07) is 9.25. The summed E-state index contributed by atoms with van der Waals surface area (Å²) in [7, 11) is 0. The highest BCUT2D eigenvalue weighted by Gasteiger charge is 2.09. The molecule has 5 heteroatoms. The second kappa shape index (κ2) is 7.84. The molecule has 0 aliphatic heterocycles. The molecule has 1 aromatic heterocycles. The zero-order chi connectivity index (χ0) is 15.1. The minimum atomic E-state index is -0.304. The van der Waals surface area contributed by atoms with E-state index >= 15 is 0 Å². The lowest BCUT2D eigenvalue weighted by molar-refractivity contribution is 0.684. The fourth-order valence-electron chi connectivity index (χ4n) is 2.08. The maximum Gasteiger partial charge on any atom is 0.292 e. The van der Waals surface area contributed by atoms with Crippen molar-refractivity contribution in [3.8, 4) is 5.69 Å². The Morgan fingerprint density at radius 3 is 2.67 bits per heavy atom. The second-order valence-corrected chi connectivity index (χ2v) is 5.29. The van der Waals surface area contributed by atoms with Crippen LogP contribution < -0.4 is 10.9 Å². The molecule has 0 saturated carbocycles. The Kier molecular flexibility index (Phi) is 5.81. The molecule has 4 nitrogen and oxygen atoms in total. The minimum absolute atomic E-state index is 0.185. The molecule has 1 aromatic carbocycles. The van der Waals surface area contributed by atoms with Gasteiger partial charge in [-0.25, -0.2) is 0 Å². The molecule has 1 N–H and O–H groups in total. The highest BCUT2D eigenvalue weighted by molar-refractivity contribution is 6.32. The number of rotatable bonds is 7. The van der Waals surface area contributed by atoms with Gasteiger partial charge in [-0.2, -0.15) is 9.78 Å². The fraction of sp³-hybridized carbons (Fsp3) is 0.375.